The summed E-state index contributed by atoms with van der Waals surface area (Å²) in [5.74, 6) is -0.429. The molecule has 0 unspecified atom stereocenters. The van der Waals surface area contributed by atoms with Gasteiger partial charge in [0.1, 0.15) is 10.3 Å². The predicted molar refractivity (Wildman–Crippen MR) is 63.4 cm³/mol. The van der Waals surface area contributed by atoms with Crippen molar-refractivity contribution in [3.8, 4) is 0 Å². The Morgan fingerprint density at radius 2 is 2.19 bits per heavy atom. The quantitative estimate of drug-likeness (QED) is 0.693. The molecule has 2 heterocycles. The van der Waals surface area contributed by atoms with E-state index in [0.29, 0.717) is 5.56 Å². The lowest BCUT2D eigenvalue weighted by Crippen LogP contribution is -2.10. The normalized spacial score (nSPS) is 11.0. The standard InChI is InChI=1S/C11H7N3OS/c12-10(15)6-1-2-7-4-13-11-9(8(7)3-6)14-5-16-11/h1-5H,(H2,12,15). The monoisotopic (exact) mass is 229 g/mol. The Kier molecular flexibility index (Phi) is 1.87. The van der Waals surface area contributed by atoms with Gasteiger partial charge in [-0.25, -0.2) is 9.97 Å². The van der Waals surface area contributed by atoms with E-state index in [1.807, 2.05) is 6.07 Å². The molecule has 0 bridgehead atoms. The fourth-order valence-corrected chi connectivity index (χ4v) is 2.32. The molecule has 0 fully saturated rings. The predicted octanol–water partition coefficient (Wildman–Crippen LogP) is 1.94. The number of pyridine rings is 1. The molecule has 3 aromatic rings. The zero-order valence-corrected chi connectivity index (χ0v) is 8.99. The summed E-state index contributed by atoms with van der Waals surface area (Å²) >= 11 is 1.48. The number of benzene rings is 1. The van der Waals surface area contributed by atoms with Gasteiger partial charge < -0.3 is 5.73 Å². The van der Waals surface area contributed by atoms with Crippen LogP contribution >= 0.6 is 11.3 Å². The molecule has 0 aliphatic heterocycles. The van der Waals surface area contributed by atoms with Crippen molar-refractivity contribution in [1.29, 1.82) is 0 Å². The fourth-order valence-electron chi connectivity index (χ4n) is 1.67. The van der Waals surface area contributed by atoms with Crippen molar-refractivity contribution in [2.75, 3.05) is 0 Å². The topological polar surface area (TPSA) is 68.9 Å². The third-order valence-corrected chi connectivity index (χ3v) is 3.20. The molecule has 0 radical (unpaired) electrons. The number of aromatic nitrogens is 2. The summed E-state index contributed by atoms with van der Waals surface area (Å²) in [5, 5.41) is 1.88. The van der Waals surface area contributed by atoms with Gasteiger partial charge in [0, 0.05) is 22.5 Å². The Labute approximate surface area is 94.7 Å². The molecule has 0 saturated carbocycles. The number of nitrogens with two attached hydrogens (primary N) is 1. The van der Waals surface area contributed by atoms with E-state index in [4.69, 9.17) is 5.73 Å². The van der Waals surface area contributed by atoms with Crippen LogP contribution in [0.15, 0.2) is 29.9 Å². The van der Waals surface area contributed by atoms with Crippen molar-refractivity contribution in [2.45, 2.75) is 0 Å². The van der Waals surface area contributed by atoms with Crippen LogP contribution in [0, 0.1) is 0 Å². The van der Waals surface area contributed by atoms with E-state index < -0.39 is 5.91 Å². The zero-order chi connectivity index (χ0) is 11.1. The minimum atomic E-state index is -0.429. The molecular weight excluding hydrogens is 222 g/mol. The van der Waals surface area contributed by atoms with Crippen LogP contribution in [-0.4, -0.2) is 15.9 Å². The molecule has 0 atom stereocenters. The minimum Gasteiger partial charge on any atom is -0.366 e. The molecule has 0 saturated heterocycles. The smallest absolute Gasteiger partial charge is 0.248 e. The average Bonchev–Trinajstić information content (AvgIpc) is 2.76. The SMILES string of the molecule is NC(=O)c1ccc2cnc3scnc3c2c1. The lowest BCUT2D eigenvalue weighted by atomic mass is 10.1. The maximum Gasteiger partial charge on any atom is 0.248 e. The second-order valence-electron chi connectivity index (χ2n) is 3.43. The molecule has 5 heteroatoms. The number of hydrogen-bond acceptors (Lipinski definition) is 4. The summed E-state index contributed by atoms with van der Waals surface area (Å²) < 4.78 is 0. The maximum atomic E-state index is 11.1. The van der Waals surface area contributed by atoms with Gasteiger partial charge in [-0.05, 0) is 12.1 Å². The summed E-state index contributed by atoms with van der Waals surface area (Å²) in [7, 11) is 0. The number of thiazole rings is 1. The Bertz CT molecular complexity index is 705. The summed E-state index contributed by atoms with van der Waals surface area (Å²) in [6.45, 7) is 0. The molecule has 3 rings (SSSR count). The second-order valence-corrected chi connectivity index (χ2v) is 4.26. The Morgan fingerprint density at radius 3 is 3.00 bits per heavy atom. The molecule has 16 heavy (non-hydrogen) atoms. The Hall–Kier alpha value is -2.01. The molecule has 2 aromatic heterocycles. The average molecular weight is 229 g/mol. The van der Waals surface area contributed by atoms with Crippen molar-refractivity contribution in [1.82, 2.24) is 9.97 Å². The first kappa shape index (κ1) is 9.23. The zero-order valence-electron chi connectivity index (χ0n) is 8.18. The van der Waals surface area contributed by atoms with Gasteiger partial charge in [-0.1, -0.05) is 6.07 Å². The number of amides is 1. The van der Waals surface area contributed by atoms with Gasteiger partial charge in [0.2, 0.25) is 5.91 Å². The lowest BCUT2D eigenvalue weighted by Gasteiger charge is -2.00. The van der Waals surface area contributed by atoms with Crippen molar-refractivity contribution >= 4 is 38.4 Å². The van der Waals surface area contributed by atoms with E-state index in [1.165, 1.54) is 11.3 Å². The highest BCUT2D eigenvalue weighted by atomic mass is 32.1. The second kappa shape index (κ2) is 3.24. The molecule has 2 N–H and O–H groups in total. The first-order valence-electron chi connectivity index (χ1n) is 4.67. The molecule has 4 nitrogen and oxygen atoms in total. The number of carbonyl (C=O) groups is 1. The summed E-state index contributed by atoms with van der Waals surface area (Å²) in [6, 6.07) is 5.30. The number of primary amides is 1. The van der Waals surface area contributed by atoms with Crippen LogP contribution in [0.1, 0.15) is 10.4 Å². The highest BCUT2D eigenvalue weighted by molar-refractivity contribution is 7.16. The van der Waals surface area contributed by atoms with Crippen molar-refractivity contribution in [3.63, 3.8) is 0 Å². The molecule has 0 aliphatic carbocycles. The number of fused-ring (bicyclic) bond motifs is 3. The van der Waals surface area contributed by atoms with Crippen LogP contribution in [0.5, 0.6) is 0 Å². The highest BCUT2D eigenvalue weighted by Crippen LogP contribution is 2.25. The Morgan fingerprint density at radius 1 is 1.31 bits per heavy atom. The van der Waals surface area contributed by atoms with Crippen LogP contribution in [0.25, 0.3) is 21.1 Å². The number of hydrogen-bond donors (Lipinski definition) is 1. The van der Waals surface area contributed by atoms with Gasteiger partial charge in [0.25, 0.3) is 0 Å². The van der Waals surface area contributed by atoms with E-state index in [0.717, 1.165) is 21.1 Å². The van der Waals surface area contributed by atoms with E-state index >= 15 is 0 Å². The summed E-state index contributed by atoms with van der Waals surface area (Å²) in [5.41, 5.74) is 8.31. The van der Waals surface area contributed by atoms with Crippen LogP contribution in [0.4, 0.5) is 0 Å². The van der Waals surface area contributed by atoms with Gasteiger partial charge in [-0.3, -0.25) is 4.79 Å². The minimum absolute atomic E-state index is 0.429. The van der Waals surface area contributed by atoms with Gasteiger partial charge in [0.05, 0.1) is 5.51 Å². The van der Waals surface area contributed by atoms with E-state index in [-0.39, 0.29) is 0 Å². The largest absolute Gasteiger partial charge is 0.366 e. The van der Waals surface area contributed by atoms with Crippen molar-refractivity contribution < 1.29 is 4.79 Å². The molecular formula is C11H7N3OS. The van der Waals surface area contributed by atoms with Crippen LogP contribution in [0.2, 0.25) is 0 Å². The Balaban J connectivity index is 2.46. The van der Waals surface area contributed by atoms with Crippen LogP contribution in [0.3, 0.4) is 0 Å². The van der Waals surface area contributed by atoms with E-state index in [1.54, 1.807) is 23.8 Å². The van der Waals surface area contributed by atoms with Gasteiger partial charge in [-0.15, -0.1) is 11.3 Å². The molecule has 0 spiro atoms. The first-order chi connectivity index (χ1) is 7.75. The molecule has 0 aliphatic rings. The number of rotatable bonds is 1. The van der Waals surface area contributed by atoms with E-state index in [9.17, 15) is 4.79 Å². The van der Waals surface area contributed by atoms with Crippen LogP contribution in [-0.2, 0) is 0 Å². The summed E-state index contributed by atoms with van der Waals surface area (Å²) in [6.07, 6.45) is 1.78. The fraction of sp³-hybridized carbons (Fsp3) is 0. The van der Waals surface area contributed by atoms with Gasteiger partial charge in [0.15, 0.2) is 0 Å². The number of carbonyl (C=O) groups excluding carboxylic acids is 1. The van der Waals surface area contributed by atoms with Crippen molar-refractivity contribution in [2.24, 2.45) is 5.73 Å². The first-order valence-corrected chi connectivity index (χ1v) is 5.55. The van der Waals surface area contributed by atoms with Crippen LogP contribution < -0.4 is 5.73 Å². The highest BCUT2D eigenvalue weighted by Gasteiger charge is 2.07. The third-order valence-electron chi connectivity index (χ3n) is 2.46. The van der Waals surface area contributed by atoms with Crippen molar-refractivity contribution in [3.05, 3.63) is 35.5 Å². The van der Waals surface area contributed by atoms with E-state index in [2.05, 4.69) is 9.97 Å². The maximum absolute atomic E-state index is 11.1. The third kappa shape index (κ3) is 1.25. The molecule has 1 amide bonds. The molecule has 78 valence electrons. The lowest BCUT2D eigenvalue weighted by molar-refractivity contribution is 0.100. The molecule has 1 aromatic carbocycles. The number of nitrogens with zero attached hydrogens (tertiary/aromatic N) is 2. The van der Waals surface area contributed by atoms with Gasteiger partial charge >= 0.3 is 0 Å². The van der Waals surface area contributed by atoms with Gasteiger partial charge in [-0.2, -0.15) is 0 Å². The summed E-state index contributed by atoms with van der Waals surface area (Å²) in [4.78, 5) is 20.5.